The van der Waals surface area contributed by atoms with Crippen LogP contribution in [0.5, 0.6) is 0 Å². The third-order valence-corrected chi connectivity index (χ3v) is 6.22. The van der Waals surface area contributed by atoms with Crippen LogP contribution in [-0.4, -0.2) is 20.5 Å². The Balaban J connectivity index is 1.61. The molecule has 2 amide bonds. The Morgan fingerprint density at radius 2 is 1.57 bits per heavy atom. The Morgan fingerprint density at radius 1 is 1.00 bits per heavy atom. The van der Waals surface area contributed by atoms with E-state index in [1.165, 1.54) is 6.42 Å². The molecule has 2 saturated carbocycles. The van der Waals surface area contributed by atoms with Gasteiger partial charge in [0.05, 0.1) is 4.90 Å². The first-order valence-corrected chi connectivity index (χ1v) is 9.73. The van der Waals surface area contributed by atoms with Gasteiger partial charge >= 0.3 is 6.03 Å². The van der Waals surface area contributed by atoms with Crippen molar-refractivity contribution in [1.82, 2.24) is 10.0 Å². The van der Waals surface area contributed by atoms with Gasteiger partial charge in [0, 0.05) is 6.04 Å². The minimum Gasteiger partial charge on any atom is -0.335 e. The molecule has 0 bridgehead atoms. The lowest BCUT2D eigenvalue weighted by Gasteiger charge is -2.17. The third-order valence-electron chi connectivity index (χ3n) is 4.91. The fourth-order valence-corrected chi connectivity index (χ4v) is 4.72. The second kappa shape index (κ2) is 6.15. The molecule has 2 fully saturated rings. The molecule has 3 rings (SSSR count). The van der Waals surface area contributed by atoms with E-state index in [0.717, 1.165) is 48.6 Å². The van der Waals surface area contributed by atoms with Crippen molar-refractivity contribution < 1.29 is 13.2 Å². The number of hydrogen-bond acceptors (Lipinski definition) is 3. The molecule has 2 N–H and O–H groups in total. The van der Waals surface area contributed by atoms with E-state index in [1.807, 2.05) is 19.9 Å². The minimum absolute atomic E-state index is 0.0808. The summed E-state index contributed by atoms with van der Waals surface area (Å²) in [6.07, 6.45) is 5.50. The molecule has 0 aliphatic heterocycles. The van der Waals surface area contributed by atoms with Gasteiger partial charge in [-0.05, 0) is 81.0 Å². The zero-order valence-corrected chi connectivity index (χ0v) is 14.4. The van der Waals surface area contributed by atoms with Crippen LogP contribution in [0, 0.1) is 25.7 Å². The molecule has 0 saturated heterocycles. The number of benzene rings is 1. The van der Waals surface area contributed by atoms with Gasteiger partial charge in [0.25, 0.3) is 10.0 Å². The lowest BCUT2D eigenvalue weighted by Crippen LogP contribution is -2.44. The first kappa shape index (κ1) is 16.3. The predicted molar refractivity (Wildman–Crippen MR) is 88.6 cm³/mol. The van der Waals surface area contributed by atoms with Crippen LogP contribution in [0.1, 0.15) is 43.2 Å². The van der Waals surface area contributed by atoms with Crippen LogP contribution in [0.3, 0.4) is 0 Å². The van der Waals surface area contributed by atoms with Crippen molar-refractivity contribution in [2.24, 2.45) is 11.8 Å². The molecule has 2 atom stereocenters. The third kappa shape index (κ3) is 4.05. The van der Waals surface area contributed by atoms with Gasteiger partial charge in [-0.15, -0.1) is 0 Å². The summed E-state index contributed by atoms with van der Waals surface area (Å²) < 4.78 is 26.8. The monoisotopic (exact) mass is 336 g/mol. The molecule has 2 unspecified atom stereocenters. The summed E-state index contributed by atoms with van der Waals surface area (Å²) in [5.74, 6) is 1.67. The van der Waals surface area contributed by atoms with Crippen molar-refractivity contribution in [3.05, 3.63) is 29.3 Å². The van der Waals surface area contributed by atoms with Crippen LogP contribution < -0.4 is 10.0 Å². The molecule has 2 aliphatic rings. The predicted octanol–water partition coefficient (Wildman–Crippen LogP) is 2.87. The maximum atomic E-state index is 12.3. The molecule has 126 valence electrons. The van der Waals surface area contributed by atoms with E-state index in [4.69, 9.17) is 0 Å². The zero-order valence-electron chi connectivity index (χ0n) is 13.6. The van der Waals surface area contributed by atoms with Gasteiger partial charge in [0.1, 0.15) is 0 Å². The van der Waals surface area contributed by atoms with Gasteiger partial charge < -0.3 is 5.32 Å². The molecular weight excluding hydrogens is 312 g/mol. The summed E-state index contributed by atoms with van der Waals surface area (Å²) in [5, 5.41) is 2.83. The van der Waals surface area contributed by atoms with Crippen LogP contribution in [0.25, 0.3) is 0 Å². The molecule has 0 spiro atoms. The van der Waals surface area contributed by atoms with Gasteiger partial charge in [-0.2, -0.15) is 0 Å². The van der Waals surface area contributed by atoms with Gasteiger partial charge in [0.2, 0.25) is 0 Å². The summed E-state index contributed by atoms with van der Waals surface area (Å²) in [6, 6.07) is 4.50. The molecular formula is C17H24N2O3S. The van der Waals surface area contributed by atoms with Crippen LogP contribution in [0.2, 0.25) is 0 Å². The average molecular weight is 336 g/mol. The average Bonchev–Trinajstić information content (AvgIpc) is 3.19. The Hall–Kier alpha value is -1.56. The topological polar surface area (TPSA) is 75.3 Å². The van der Waals surface area contributed by atoms with Gasteiger partial charge in [0.15, 0.2) is 0 Å². The summed E-state index contributed by atoms with van der Waals surface area (Å²) in [6.45, 7) is 3.67. The number of nitrogens with one attached hydrogen (secondary N) is 2. The Kier molecular flexibility index (Phi) is 4.36. The fraction of sp³-hybridized carbons (Fsp3) is 0.588. The van der Waals surface area contributed by atoms with Crippen molar-refractivity contribution in [3.8, 4) is 0 Å². The maximum Gasteiger partial charge on any atom is 0.328 e. The maximum absolute atomic E-state index is 12.3. The van der Waals surface area contributed by atoms with E-state index in [2.05, 4.69) is 10.0 Å². The lowest BCUT2D eigenvalue weighted by atomic mass is 10.1. The molecule has 5 nitrogen and oxygen atoms in total. The smallest absolute Gasteiger partial charge is 0.328 e. The van der Waals surface area contributed by atoms with Gasteiger partial charge in [-0.25, -0.2) is 17.9 Å². The Morgan fingerprint density at radius 3 is 2.13 bits per heavy atom. The van der Waals surface area contributed by atoms with Crippen LogP contribution >= 0.6 is 0 Å². The number of carbonyl (C=O) groups excluding carboxylic acids is 1. The van der Waals surface area contributed by atoms with E-state index in [0.29, 0.717) is 0 Å². The highest BCUT2D eigenvalue weighted by molar-refractivity contribution is 7.90. The number of amides is 2. The second-order valence-corrected chi connectivity index (χ2v) is 8.69. The summed E-state index contributed by atoms with van der Waals surface area (Å²) >= 11 is 0. The van der Waals surface area contributed by atoms with E-state index >= 15 is 0 Å². The first-order valence-electron chi connectivity index (χ1n) is 8.25. The minimum atomic E-state index is -3.83. The van der Waals surface area contributed by atoms with Gasteiger partial charge in [-0.1, -0.05) is 6.07 Å². The van der Waals surface area contributed by atoms with Crippen molar-refractivity contribution >= 4 is 16.1 Å². The largest absolute Gasteiger partial charge is 0.335 e. The van der Waals surface area contributed by atoms with Crippen molar-refractivity contribution in [2.75, 3.05) is 0 Å². The molecule has 23 heavy (non-hydrogen) atoms. The van der Waals surface area contributed by atoms with Gasteiger partial charge in [-0.3, -0.25) is 0 Å². The van der Waals surface area contributed by atoms with E-state index in [9.17, 15) is 13.2 Å². The normalized spacial score (nSPS) is 26.8. The summed E-state index contributed by atoms with van der Waals surface area (Å²) in [5.41, 5.74) is 1.71. The summed E-state index contributed by atoms with van der Waals surface area (Å²) in [7, 11) is -3.83. The number of rotatable bonds is 3. The molecule has 1 aromatic rings. The highest BCUT2D eigenvalue weighted by Gasteiger charge is 2.39. The standard InChI is InChI=1S/C17H24N2O3S/c1-11-7-12(2)9-16(8-11)23(21,22)19-17(20)18-15-5-3-13-10-14(13)4-6-15/h7-9,13-15H,3-6,10H2,1-2H3,(H2,18,19,20). The summed E-state index contributed by atoms with van der Waals surface area (Å²) in [4.78, 5) is 12.2. The zero-order chi connectivity index (χ0) is 16.6. The van der Waals surface area contributed by atoms with E-state index in [-0.39, 0.29) is 10.9 Å². The van der Waals surface area contributed by atoms with Crippen LogP contribution in [0.4, 0.5) is 4.79 Å². The van der Waals surface area contributed by atoms with E-state index < -0.39 is 16.1 Å². The number of fused-ring (bicyclic) bond motifs is 1. The lowest BCUT2D eigenvalue weighted by molar-refractivity contribution is 0.240. The highest BCUT2D eigenvalue weighted by Crippen LogP contribution is 2.47. The van der Waals surface area contributed by atoms with Crippen molar-refractivity contribution in [2.45, 2.75) is 56.9 Å². The number of urea groups is 1. The second-order valence-electron chi connectivity index (χ2n) is 7.01. The SMILES string of the molecule is Cc1cc(C)cc(S(=O)(=O)NC(=O)NC2CCC3CC3CC2)c1. The fourth-order valence-electron chi connectivity index (χ4n) is 3.62. The Labute approximate surface area is 137 Å². The number of aryl methyl sites for hydroxylation is 2. The molecule has 0 radical (unpaired) electrons. The number of sulfonamides is 1. The number of carbonyl (C=O) groups is 1. The quantitative estimate of drug-likeness (QED) is 0.891. The molecule has 1 aromatic carbocycles. The molecule has 6 heteroatoms. The van der Waals surface area contributed by atoms with E-state index in [1.54, 1.807) is 12.1 Å². The first-order chi connectivity index (χ1) is 10.8. The van der Waals surface area contributed by atoms with Crippen molar-refractivity contribution in [3.63, 3.8) is 0 Å². The Bertz CT molecular complexity index is 682. The number of hydrogen-bond donors (Lipinski definition) is 2. The van der Waals surface area contributed by atoms with Crippen molar-refractivity contribution in [1.29, 1.82) is 0 Å². The van der Waals surface area contributed by atoms with Crippen LogP contribution in [-0.2, 0) is 10.0 Å². The highest BCUT2D eigenvalue weighted by atomic mass is 32.2. The molecule has 2 aliphatic carbocycles. The molecule has 0 aromatic heterocycles. The molecule has 0 heterocycles. The van der Waals surface area contributed by atoms with Crippen LogP contribution in [0.15, 0.2) is 23.1 Å².